The molecule has 0 saturated carbocycles. The smallest absolute Gasteiger partial charge is 0.279 e. The summed E-state index contributed by atoms with van der Waals surface area (Å²) in [4.78, 5) is 16.7. The van der Waals surface area contributed by atoms with Gasteiger partial charge in [-0.1, -0.05) is 19.9 Å². The molecule has 106 valence electrons. The number of nitrogens with two attached hydrogens (primary N) is 1. The van der Waals surface area contributed by atoms with Gasteiger partial charge in [-0.3, -0.25) is 9.63 Å². The third-order valence-electron chi connectivity index (χ3n) is 2.36. The van der Waals surface area contributed by atoms with Crippen molar-refractivity contribution in [3.63, 3.8) is 0 Å². The zero-order valence-electron chi connectivity index (χ0n) is 12.3. The summed E-state index contributed by atoms with van der Waals surface area (Å²) in [5, 5.41) is 1.21. The molecule has 0 aliphatic rings. The summed E-state index contributed by atoms with van der Waals surface area (Å²) in [5.41, 5.74) is 6.02. The highest BCUT2D eigenvalue weighted by Gasteiger charge is 2.14. The molecule has 1 amide bonds. The molecule has 0 saturated heterocycles. The maximum absolute atomic E-state index is 11.8. The van der Waals surface area contributed by atoms with E-state index in [1.54, 1.807) is 13.1 Å². The minimum Gasteiger partial charge on any atom is -0.333 e. The van der Waals surface area contributed by atoms with Crippen LogP contribution in [0, 0.1) is 0 Å². The van der Waals surface area contributed by atoms with Crippen LogP contribution in [0.15, 0.2) is 36.7 Å². The molecule has 0 radical (unpaired) electrons. The van der Waals surface area contributed by atoms with Crippen molar-refractivity contribution in [3.05, 3.63) is 42.2 Å². The van der Waals surface area contributed by atoms with Gasteiger partial charge in [0.15, 0.2) is 0 Å². The lowest BCUT2D eigenvalue weighted by atomic mass is 10.2. The number of pyridine rings is 1. The SMILES string of the molecule is CC.CN.CON(C)C(=O)c1ccn2ccccc12. The number of hydrogen-bond donors (Lipinski definition) is 1. The van der Waals surface area contributed by atoms with E-state index in [4.69, 9.17) is 4.84 Å². The van der Waals surface area contributed by atoms with E-state index in [-0.39, 0.29) is 5.91 Å². The maximum atomic E-state index is 11.8. The molecule has 0 aliphatic heterocycles. The van der Waals surface area contributed by atoms with Gasteiger partial charge in [0.05, 0.1) is 18.2 Å². The molecule has 0 unspecified atom stereocenters. The van der Waals surface area contributed by atoms with Crippen molar-refractivity contribution in [2.24, 2.45) is 5.73 Å². The standard InChI is InChI=1S/C11H12N2O2.C2H6.CH5N/c1-12(15-2)11(14)9-6-8-13-7-4-3-5-10(9)13;2*1-2/h3-8H,1-2H3;1-2H3;2H2,1H3. The van der Waals surface area contributed by atoms with Gasteiger partial charge in [0.2, 0.25) is 0 Å². The second kappa shape index (κ2) is 9.13. The Bertz CT molecular complexity index is 494. The van der Waals surface area contributed by atoms with Crippen LogP contribution in [0.5, 0.6) is 0 Å². The van der Waals surface area contributed by atoms with Gasteiger partial charge in [-0.05, 0) is 25.2 Å². The predicted octanol–water partition coefficient (Wildman–Crippen LogP) is 2.17. The van der Waals surface area contributed by atoms with Gasteiger partial charge in [0.1, 0.15) is 0 Å². The molecular weight excluding hydrogens is 242 g/mol. The Morgan fingerprint density at radius 1 is 1.21 bits per heavy atom. The number of nitrogens with zero attached hydrogens (tertiary/aromatic N) is 2. The average Bonchev–Trinajstić information content (AvgIpc) is 2.93. The van der Waals surface area contributed by atoms with Crippen LogP contribution in [-0.4, -0.2) is 36.6 Å². The number of aromatic nitrogens is 1. The Morgan fingerprint density at radius 2 is 1.84 bits per heavy atom. The number of rotatable bonds is 2. The van der Waals surface area contributed by atoms with E-state index in [0.29, 0.717) is 5.56 Å². The van der Waals surface area contributed by atoms with Crippen molar-refractivity contribution >= 4 is 11.4 Å². The fourth-order valence-corrected chi connectivity index (χ4v) is 1.49. The molecule has 0 aromatic carbocycles. The van der Waals surface area contributed by atoms with Crippen LogP contribution in [0.2, 0.25) is 0 Å². The van der Waals surface area contributed by atoms with E-state index < -0.39 is 0 Å². The summed E-state index contributed by atoms with van der Waals surface area (Å²) in [7, 11) is 4.56. The first-order valence-corrected chi connectivity index (χ1v) is 6.19. The molecule has 5 heteroatoms. The molecule has 0 bridgehead atoms. The molecule has 2 rings (SSSR count). The Kier molecular flexibility index (Phi) is 8.24. The Hall–Kier alpha value is -1.85. The third-order valence-corrected chi connectivity index (χ3v) is 2.36. The van der Waals surface area contributed by atoms with Crippen LogP contribution >= 0.6 is 0 Å². The molecule has 2 aromatic rings. The molecule has 0 fully saturated rings. The number of carbonyl (C=O) groups excluding carboxylic acids is 1. The molecular formula is C14H23N3O2. The van der Waals surface area contributed by atoms with E-state index >= 15 is 0 Å². The van der Waals surface area contributed by atoms with Crippen molar-refractivity contribution in [1.29, 1.82) is 0 Å². The van der Waals surface area contributed by atoms with Gasteiger partial charge in [-0.2, -0.15) is 0 Å². The number of hydrogen-bond acceptors (Lipinski definition) is 3. The third kappa shape index (κ3) is 4.08. The van der Waals surface area contributed by atoms with Crippen LogP contribution in [0.4, 0.5) is 0 Å². The fourth-order valence-electron chi connectivity index (χ4n) is 1.49. The molecule has 0 aliphatic carbocycles. The van der Waals surface area contributed by atoms with E-state index in [1.807, 2.05) is 48.8 Å². The van der Waals surface area contributed by atoms with Crippen molar-refractivity contribution in [2.45, 2.75) is 13.8 Å². The molecule has 2 N–H and O–H groups in total. The minimum atomic E-state index is -0.147. The van der Waals surface area contributed by atoms with Crippen LogP contribution in [-0.2, 0) is 4.84 Å². The number of hydroxylamine groups is 2. The summed E-state index contributed by atoms with van der Waals surface area (Å²) >= 11 is 0. The first-order chi connectivity index (χ1) is 9.24. The first kappa shape index (κ1) is 17.2. The normalized spacial score (nSPS) is 8.95. The van der Waals surface area contributed by atoms with Crippen LogP contribution < -0.4 is 5.73 Å². The number of amides is 1. The van der Waals surface area contributed by atoms with E-state index in [9.17, 15) is 4.79 Å². The average molecular weight is 265 g/mol. The number of carbonyl (C=O) groups is 1. The van der Waals surface area contributed by atoms with E-state index in [0.717, 1.165) is 5.52 Å². The van der Waals surface area contributed by atoms with Gasteiger partial charge < -0.3 is 10.1 Å². The Morgan fingerprint density at radius 3 is 2.42 bits per heavy atom. The van der Waals surface area contributed by atoms with Crippen LogP contribution in [0.1, 0.15) is 24.2 Å². The lowest BCUT2D eigenvalue weighted by molar-refractivity contribution is -0.0755. The second-order valence-electron chi connectivity index (χ2n) is 3.21. The second-order valence-corrected chi connectivity index (χ2v) is 3.21. The molecule has 0 spiro atoms. The van der Waals surface area contributed by atoms with E-state index in [1.165, 1.54) is 19.2 Å². The molecule has 19 heavy (non-hydrogen) atoms. The van der Waals surface area contributed by atoms with Crippen LogP contribution in [0.25, 0.3) is 5.52 Å². The first-order valence-electron chi connectivity index (χ1n) is 6.19. The Balaban J connectivity index is 0.000000741. The molecule has 2 heterocycles. The molecule has 0 atom stereocenters. The Labute approximate surface area is 114 Å². The zero-order valence-corrected chi connectivity index (χ0v) is 12.3. The van der Waals surface area contributed by atoms with Crippen molar-refractivity contribution < 1.29 is 9.63 Å². The summed E-state index contributed by atoms with van der Waals surface area (Å²) < 4.78 is 1.90. The summed E-state index contributed by atoms with van der Waals surface area (Å²) in [6.45, 7) is 4.00. The molecule has 2 aromatic heterocycles. The van der Waals surface area contributed by atoms with Crippen molar-refractivity contribution in [2.75, 3.05) is 21.2 Å². The highest BCUT2D eigenvalue weighted by molar-refractivity contribution is 6.00. The lowest BCUT2D eigenvalue weighted by Crippen LogP contribution is -2.25. The molecule has 5 nitrogen and oxygen atoms in total. The summed E-state index contributed by atoms with van der Waals surface area (Å²) in [6.07, 6.45) is 3.75. The van der Waals surface area contributed by atoms with Crippen molar-refractivity contribution in [3.8, 4) is 0 Å². The fraction of sp³-hybridized carbons (Fsp3) is 0.357. The van der Waals surface area contributed by atoms with Gasteiger partial charge in [0, 0.05) is 19.4 Å². The topological polar surface area (TPSA) is 60.0 Å². The van der Waals surface area contributed by atoms with Gasteiger partial charge in [0.25, 0.3) is 5.91 Å². The number of fused-ring (bicyclic) bond motifs is 1. The minimum absolute atomic E-state index is 0.147. The van der Waals surface area contributed by atoms with E-state index in [2.05, 4.69) is 5.73 Å². The van der Waals surface area contributed by atoms with Crippen LogP contribution in [0.3, 0.4) is 0 Å². The highest BCUT2D eigenvalue weighted by Crippen LogP contribution is 2.13. The largest absolute Gasteiger partial charge is 0.333 e. The highest BCUT2D eigenvalue weighted by atomic mass is 16.7. The predicted molar refractivity (Wildman–Crippen MR) is 78.0 cm³/mol. The van der Waals surface area contributed by atoms with Crippen molar-refractivity contribution in [1.82, 2.24) is 9.46 Å². The monoisotopic (exact) mass is 265 g/mol. The summed E-state index contributed by atoms with van der Waals surface area (Å²) in [6, 6.07) is 7.50. The van der Waals surface area contributed by atoms with Gasteiger partial charge in [-0.25, -0.2) is 5.06 Å². The van der Waals surface area contributed by atoms with Gasteiger partial charge in [-0.15, -0.1) is 0 Å². The lowest BCUT2D eigenvalue weighted by Gasteiger charge is -2.12. The maximum Gasteiger partial charge on any atom is 0.279 e. The van der Waals surface area contributed by atoms with Gasteiger partial charge >= 0.3 is 0 Å². The zero-order chi connectivity index (χ0) is 14.8. The quantitative estimate of drug-likeness (QED) is 0.847. The summed E-state index contributed by atoms with van der Waals surface area (Å²) in [5.74, 6) is -0.147.